The highest BCUT2D eigenvalue weighted by atomic mass is 16.5. The van der Waals surface area contributed by atoms with Crippen molar-refractivity contribution in [1.82, 2.24) is 9.80 Å². The van der Waals surface area contributed by atoms with Crippen LogP contribution in [-0.4, -0.2) is 81.3 Å². The zero-order chi connectivity index (χ0) is 15.9. The van der Waals surface area contributed by atoms with E-state index in [0.717, 1.165) is 26.4 Å². The fourth-order valence-electron chi connectivity index (χ4n) is 1.48. The van der Waals surface area contributed by atoms with E-state index < -0.39 is 5.97 Å². The molecule has 21 heavy (non-hydrogen) atoms. The van der Waals surface area contributed by atoms with Gasteiger partial charge in [0.05, 0.1) is 39.5 Å². The van der Waals surface area contributed by atoms with Gasteiger partial charge in [0.25, 0.3) is 0 Å². The molecule has 0 unspecified atom stereocenters. The van der Waals surface area contributed by atoms with Gasteiger partial charge in [-0.1, -0.05) is 0 Å². The summed E-state index contributed by atoms with van der Waals surface area (Å²) in [5, 5.41) is 8.16. The molecule has 0 bridgehead atoms. The summed E-state index contributed by atoms with van der Waals surface area (Å²) in [5.41, 5.74) is 0. The van der Waals surface area contributed by atoms with Crippen LogP contribution in [0.5, 0.6) is 0 Å². The van der Waals surface area contributed by atoms with Crippen LogP contribution in [0.2, 0.25) is 0 Å². The molecule has 0 aliphatic carbocycles. The Morgan fingerprint density at radius 1 is 1.10 bits per heavy atom. The maximum absolute atomic E-state index is 9.92. The summed E-state index contributed by atoms with van der Waals surface area (Å²) in [6, 6.07) is 0. The average molecular weight is 304 g/mol. The predicted molar refractivity (Wildman–Crippen MR) is 79.9 cm³/mol. The molecule has 0 aromatic rings. The van der Waals surface area contributed by atoms with Crippen molar-refractivity contribution in [1.29, 1.82) is 0 Å². The van der Waals surface area contributed by atoms with Crippen LogP contribution in [0.15, 0.2) is 12.4 Å². The van der Waals surface area contributed by atoms with Crippen molar-refractivity contribution >= 4 is 5.97 Å². The fourth-order valence-corrected chi connectivity index (χ4v) is 1.48. The molecule has 1 aliphatic rings. The summed E-state index contributed by atoms with van der Waals surface area (Å²) in [7, 11) is 3.30. The van der Waals surface area contributed by atoms with E-state index in [-0.39, 0.29) is 13.0 Å². The van der Waals surface area contributed by atoms with Crippen molar-refractivity contribution in [2.75, 3.05) is 60.4 Å². The minimum absolute atomic E-state index is 0.0592. The Kier molecular flexibility index (Phi) is 12.8. The smallest absolute Gasteiger partial charge is 0.305 e. The average Bonchev–Trinajstić information content (AvgIpc) is 2.93. The van der Waals surface area contributed by atoms with E-state index in [4.69, 9.17) is 14.6 Å². The molecule has 0 atom stereocenters. The summed E-state index contributed by atoms with van der Waals surface area (Å²) < 4.78 is 14.5. The van der Waals surface area contributed by atoms with Crippen LogP contribution in [0, 0.1) is 0 Å². The second-order valence-electron chi connectivity index (χ2n) is 4.40. The lowest BCUT2D eigenvalue weighted by atomic mass is 10.5. The number of hydrogen-bond acceptors (Lipinski definition) is 6. The predicted octanol–water partition coefficient (Wildman–Crippen LogP) is 0.823. The molecule has 0 saturated carbocycles. The molecule has 7 heteroatoms. The van der Waals surface area contributed by atoms with Crippen LogP contribution in [0.1, 0.15) is 13.3 Å². The first-order valence-corrected chi connectivity index (χ1v) is 7.07. The molecule has 0 aromatic heterocycles. The van der Waals surface area contributed by atoms with Crippen LogP contribution in [0.25, 0.3) is 0 Å². The second kappa shape index (κ2) is 13.7. The molecule has 0 aromatic carbocycles. The number of hydrogen-bond donors (Lipinski definition) is 1. The highest BCUT2D eigenvalue weighted by Gasteiger charge is 2.08. The number of rotatable bonds is 10. The van der Waals surface area contributed by atoms with Crippen LogP contribution in [0.3, 0.4) is 0 Å². The van der Waals surface area contributed by atoms with Gasteiger partial charge in [-0.05, 0) is 6.92 Å². The van der Waals surface area contributed by atoms with Gasteiger partial charge in [-0.2, -0.15) is 0 Å². The molecule has 1 rings (SSSR count). The molecule has 7 nitrogen and oxygen atoms in total. The minimum Gasteiger partial charge on any atom is -0.481 e. The quantitative estimate of drug-likeness (QED) is 0.599. The molecule has 0 spiro atoms. The van der Waals surface area contributed by atoms with Gasteiger partial charge < -0.3 is 29.1 Å². The van der Waals surface area contributed by atoms with Crippen LogP contribution in [-0.2, 0) is 19.0 Å². The zero-order valence-electron chi connectivity index (χ0n) is 13.3. The maximum atomic E-state index is 9.92. The number of aliphatic carboxylic acids is 1. The van der Waals surface area contributed by atoms with E-state index in [1.54, 1.807) is 14.2 Å². The summed E-state index contributed by atoms with van der Waals surface area (Å²) in [4.78, 5) is 14.4. The fraction of sp³-hybridized carbons (Fsp3) is 0.786. The zero-order valence-corrected chi connectivity index (χ0v) is 13.3. The topological polar surface area (TPSA) is 71.5 Å². The maximum Gasteiger partial charge on any atom is 0.305 e. The van der Waals surface area contributed by atoms with E-state index in [1.807, 2.05) is 0 Å². The van der Waals surface area contributed by atoms with Gasteiger partial charge >= 0.3 is 5.97 Å². The Labute approximate surface area is 127 Å². The molecule has 0 saturated heterocycles. The number of nitrogens with zero attached hydrogens (tertiary/aromatic N) is 2. The first-order chi connectivity index (χ1) is 10.1. The molecule has 1 N–H and O–H groups in total. The number of carboxylic acid groups (broad SMARTS) is 1. The van der Waals surface area contributed by atoms with Gasteiger partial charge in [0.15, 0.2) is 0 Å². The number of carboxylic acids is 1. The largest absolute Gasteiger partial charge is 0.481 e. The van der Waals surface area contributed by atoms with Gasteiger partial charge in [-0.25, -0.2) is 0 Å². The number of ether oxygens (including phenoxy) is 3. The van der Waals surface area contributed by atoms with Crippen molar-refractivity contribution < 1.29 is 24.1 Å². The lowest BCUT2D eigenvalue weighted by Crippen LogP contribution is -2.27. The summed E-state index contributed by atoms with van der Waals surface area (Å²) in [5.74, 6) is -0.836. The number of methoxy groups -OCH3 is 2. The SMILES string of the molecule is CCN1C=CN(CCOC)C1.COCCOCCC(=O)O. The van der Waals surface area contributed by atoms with E-state index in [9.17, 15) is 4.79 Å². The normalized spacial score (nSPS) is 13.3. The monoisotopic (exact) mass is 304 g/mol. The third-order valence-electron chi connectivity index (χ3n) is 2.73. The Bertz CT molecular complexity index is 287. The van der Waals surface area contributed by atoms with E-state index in [0.29, 0.717) is 13.2 Å². The third-order valence-corrected chi connectivity index (χ3v) is 2.73. The van der Waals surface area contributed by atoms with Crippen molar-refractivity contribution in [2.24, 2.45) is 0 Å². The van der Waals surface area contributed by atoms with E-state index in [2.05, 4.69) is 33.9 Å². The molecule has 0 fully saturated rings. The van der Waals surface area contributed by atoms with Gasteiger partial charge in [0.1, 0.15) is 0 Å². The third kappa shape index (κ3) is 12.2. The first-order valence-electron chi connectivity index (χ1n) is 7.07. The highest BCUT2D eigenvalue weighted by molar-refractivity contribution is 5.66. The van der Waals surface area contributed by atoms with E-state index >= 15 is 0 Å². The van der Waals surface area contributed by atoms with Crippen LogP contribution >= 0.6 is 0 Å². The molecule has 1 aliphatic heterocycles. The Balaban J connectivity index is 0.000000384. The Hall–Kier alpha value is -1.31. The lowest BCUT2D eigenvalue weighted by molar-refractivity contribution is -0.138. The van der Waals surface area contributed by atoms with Crippen LogP contribution in [0.4, 0.5) is 0 Å². The Morgan fingerprint density at radius 3 is 2.29 bits per heavy atom. The van der Waals surface area contributed by atoms with Crippen LogP contribution < -0.4 is 0 Å². The minimum atomic E-state index is -0.836. The molecule has 0 radical (unpaired) electrons. The molecule has 0 amide bonds. The van der Waals surface area contributed by atoms with Gasteiger partial charge in [0.2, 0.25) is 0 Å². The standard InChI is InChI=1S/C8H16N2O.C6H12O4/c1-3-9-4-5-10(8-9)6-7-11-2;1-9-4-5-10-3-2-6(7)8/h4-5H,3,6-8H2,1-2H3;2-5H2,1H3,(H,7,8). The molecular formula is C14H28N2O5. The van der Waals surface area contributed by atoms with Crippen molar-refractivity contribution in [3.8, 4) is 0 Å². The number of carbonyl (C=O) groups is 1. The first kappa shape index (κ1) is 19.7. The summed E-state index contributed by atoms with van der Waals surface area (Å²) >= 11 is 0. The van der Waals surface area contributed by atoms with E-state index in [1.165, 1.54) is 0 Å². The van der Waals surface area contributed by atoms with Gasteiger partial charge in [0, 0.05) is 39.7 Å². The Morgan fingerprint density at radius 2 is 1.76 bits per heavy atom. The highest BCUT2D eigenvalue weighted by Crippen LogP contribution is 2.04. The van der Waals surface area contributed by atoms with Crippen molar-refractivity contribution in [3.63, 3.8) is 0 Å². The van der Waals surface area contributed by atoms with Gasteiger partial charge in [-0.3, -0.25) is 4.79 Å². The lowest BCUT2D eigenvalue weighted by Gasteiger charge is -2.19. The molecule has 124 valence electrons. The molecule has 1 heterocycles. The summed E-state index contributed by atoms with van der Waals surface area (Å²) in [6.07, 6.45) is 4.29. The molecular weight excluding hydrogens is 276 g/mol. The van der Waals surface area contributed by atoms with Crippen molar-refractivity contribution in [2.45, 2.75) is 13.3 Å². The summed E-state index contributed by atoms with van der Waals surface area (Å²) in [6.45, 7) is 7.29. The van der Waals surface area contributed by atoms with Crippen molar-refractivity contribution in [3.05, 3.63) is 12.4 Å². The van der Waals surface area contributed by atoms with Gasteiger partial charge in [-0.15, -0.1) is 0 Å². The second-order valence-corrected chi connectivity index (χ2v) is 4.40.